The highest BCUT2D eigenvalue weighted by Crippen LogP contribution is 2.24. The van der Waals surface area contributed by atoms with Gasteiger partial charge in [-0.2, -0.15) is 0 Å². The number of nitrogens with zero attached hydrogens (tertiary/aromatic N) is 1. The van der Waals surface area contributed by atoms with Crippen LogP contribution < -0.4 is 10.6 Å². The highest BCUT2D eigenvalue weighted by atomic mass is 16.6. The second kappa shape index (κ2) is 12.3. The number of benzene rings is 1. The van der Waals surface area contributed by atoms with Crippen molar-refractivity contribution >= 4 is 17.9 Å². The molecule has 0 radical (unpaired) electrons. The molecule has 0 aliphatic carbocycles. The molecule has 0 aliphatic heterocycles. The van der Waals surface area contributed by atoms with Gasteiger partial charge in [-0.25, -0.2) is 4.79 Å². The van der Waals surface area contributed by atoms with Crippen LogP contribution in [0.4, 0.5) is 4.79 Å². The highest BCUT2D eigenvalue weighted by Gasteiger charge is 2.31. The lowest BCUT2D eigenvalue weighted by Gasteiger charge is -2.32. The topological polar surface area (TPSA) is 87.7 Å². The number of aryl methyl sites for hydroxylation is 2. The van der Waals surface area contributed by atoms with Crippen molar-refractivity contribution in [1.29, 1.82) is 0 Å². The molecule has 0 saturated carbocycles. The first-order valence-corrected chi connectivity index (χ1v) is 11.1. The zero-order valence-electron chi connectivity index (χ0n) is 20.1. The van der Waals surface area contributed by atoms with Crippen molar-refractivity contribution in [2.45, 2.75) is 79.4 Å². The van der Waals surface area contributed by atoms with Crippen LogP contribution in [0.3, 0.4) is 0 Å². The van der Waals surface area contributed by atoms with E-state index in [0.29, 0.717) is 19.5 Å². The summed E-state index contributed by atoms with van der Waals surface area (Å²) < 4.78 is 5.21. The van der Waals surface area contributed by atoms with Gasteiger partial charge in [-0.3, -0.25) is 9.59 Å². The van der Waals surface area contributed by atoms with Crippen LogP contribution in [0, 0.1) is 13.8 Å². The average molecular weight is 434 g/mol. The van der Waals surface area contributed by atoms with Gasteiger partial charge in [0.15, 0.2) is 0 Å². The molecule has 0 bridgehead atoms. The van der Waals surface area contributed by atoms with Crippen molar-refractivity contribution in [3.63, 3.8) is 0 Å². The Morgan fingerprint density at radius 1 is 1.03 bits per heavy atom. The van der Waals surface area contributed by atoms with E-state index >= 15 is 0 Å². The maximum Gasteiger partial charge on any atom is 0.408 e. The Hall–Kier alpha value is -2.57. The fraction of sp³-hybridized carbons (Fsp3) is 0.625. The van der Waals surface area contributed by atoms with E-state index < -0.39 is 17.7 Å². The van der Waals surface area contributed by atoms with Gasteiger partial charge in [0, 0.05) is 13.1 Å². The van der Waals surface area contributed by atoms with Crippen LogP contribution in [0.25, 0.3) is 0 Å². The SMILES string of the molecule is CCCCNC(=O)C(c1ccc(C)c(C)c1)N(CCC)C(=O)CNC(=O)OC(C)(C)C. The third-order valence-corrected chi connectivity index (χ3v) is 4.80. The minimum Gasteiger partial charge on any atom is -0.444 e. The first-order valence-electron chi connectivity index (χ1n) is 11.1. The number of rotatable bonds is 10. The summed E-state index contributed by atoms with van der Waals surface area (Å²) in [5.74, 6) is -0.544. The fourth-order valence-electron chi connectivity index (χ4n) is 3.09. The third-order valence-electron chi connectivity index (χ3n) is 4.80. The van der Waals surface area contributed by atoms with Gasteiger partial charge >= 0.3 is 6.09 Å². The summed E-state index contributed by atoms with van der Waals surface area (Å²) in [5.41, 5.74) is 2.28. The van der Waals surface area contributed by atoms with Gasteiger partial charge in [-0.05, 0) is 64.2 Å². The van der Waals surface area contributed by atoms with Crippen LogP contribution in [-0.4, -0.2) is 48.0 Å². The van der Waals surface area contributed by atoms with Crippen LogP contribution in [0.1, 0.15) is 76.6 Å². The van der Waals surface area contributed by atoms with E-state index in [1.165, 1.54) is 0 Å². The molecule has 0 aliphatic rings. The number of hydrogen-bond donors (Lipinski definition) is 2. The smallest absolute Gasteiger partial charge is 0.408 e. The molecule has 1 aromatic rings. The van der Waals surface area contributed by atoms with Gasteiger partial charge < -0.3 is 20.3 Å². The van der Waals surface area contributed by atoms with Crippen LogP contribution in [0.2, 0.25) is 0 Å². The molecule has 174 valence electrons. The summed E-state index contributed by atoms with van der Waals surface area (Å²) in [5, 5.41) is 5.47. The molecule has 31 heavy (non-hydrogen) atoms. The van der Waals surface area contributed by atoms with Crippen LogP contribution in [-0.2, 0) is 14.3 Å². The number of carbonyl (C=O) groups excluding carboxylic acids is 3. The average Bonchev–Trinajstić information content (AvgIpc) is 2.67. The third kappa shape index (κ3) is 8.99. The fourth-order valence-corrected chi connectivity index (χ4v) is 3.09. The lowest BCUT2D eigenvalue weighted by atomic mass is 9.98. The van der Waals surface area contributed by atoms with E-state index in [9.17, 15) is 14.4 Å². The Morgan fingerprint density at radius 3 is 2.26 bits per heavy atom. The number of hydrogen-bond acceptors (Lipinski definition) is 4. The zero-order chi connectivity index (χ0) is 23.6. The predicted octanol–water partition coefficient (Wildman–Crippen LogP) is 4.02. The molecule has 0 fully saturated rings. The second-order valence-electron chi connectivity index (χ2n) is 8.83. The lowest BCUT2D eigenvalue weighted by Crippen LogP contribution is -2.48. The molecule has 1 atom stereocenters. The summed E-state index contributed by atoms with van der Waals surface area (Å²) in [6.07, 6.45) is 1.86. The van der Waals surface area contributed by atoms with Gasteiger partial charge in [0.25, 0.3) is 0 Å². The number of amides is 3. The monoisotopic (exact) mass is 433 g/mol. The first kappa shape index (κ1) is 26.5. The van der Waals surface area contributed by atoms with E-state index in [0.717, 1.165) is 29.5 Å². The van der Waals surface area contributed by atoms with Gasteiger partial charge in [0.1, 0.15) is 18.2 Å². The maximum absolute atomic E-state index is 13.1. The Morgan fingerprint density at radius 2 is 1.71 bits per heavy atom. The molecule has 7 nitrogen and oxygen atoms in total. The number of ether oxygens (including phenoxy) is 1. The molecule has 1 aromatic carbocycles. The summed E-state index contributed by atoms with van der Waals surface area (Å²) >= 11 is 0. The normalized spacial score (nSPS) is 12.1. The maximum atomic E-state index is 13.1. The molecule has 0 saturated heterocycles. The van der Waals surface area contributed by atoms with Gasteiger partial charge in [-0.1, -0.05) is 38.5 Å². The number of unbranched alkanes of at least 4 members (excludes halogenated alkanes) is 1. The number of carbonyl (C=O) groups is 3. The van der Waals surface area contributed by atoms with Gasteiger partial charge in [0.2, 0.25) is 11.8 Å². The van der Waals surface area contributed by atoms with Gasteiger partial charge in [-0.15, -0.1) is 0 Å². The van der Waals surface area contributed by atoms with E-state index in [2.05, 4.69) is 17.6 Å². The molecule has 1 unspecified atom stereocenters. The molecule has 1 rings (SSSR count). The van der Waals surface area contributed by atoms with Crippen molar-refractivity contribution in [3.05, 3.63) is 34.9 Å². The largest absolute Gasteiger partial charge is 0.444 e. The zero-order valence-corrected chi connectivity index (χ0v) is 20.1. The molecule has 3 amide bonds. The van der Waals surface area contributed by atoms with Crippen molar-refractivity contribution in [3.8, 4) is 0 Å². The predicted molar refractivity (Wildman–Crippen MR) is 123 cm³/mol. The second-order valence-corrected chi connectivity index (χ2v) is 8.83. The van der Waals surface area contributed by atoms with Crippen molar-refractivity contribution in [1.82, 2.24) is 15.5 Å². The Balaban J connectivity index is 3.13. The van der Waals surface area contributed by atoms with Crippen LogP contribution in [0.5, 0.6) is 0 Å². The summed E-state index contributed by atoms with van der Waals surface area (Å²) in [6, 6.07) is 5.05. The summed E-state index contributed by atoms with van der Waals surface area (Å²) in [6.45, 7) is 14.0. The Labute approximate surface area is 186 Å². The minimum absolute atomic E-state index is 0.212. The molecule has 0 spiro atoms. The molecule has 7 heteroatoms. The van der Waals surface area contributed by atoms with Crippen molar-refractivity contribution in [2.75, 3.05) is 19.6 Å². The Kier molecular flexibility index (Phi) is 10.5. The molecular formula is C24H39N3O4. The van der Waals surface area contributed by atoms with Crippen molar-refractivity contribution < 1.29 is 19.1 Å². The summed E-state index contributed by atoms with van der Waals surface area (Å²) in [7, 11) is 0. The molecule has 2 N–H and O–H groups in total. The highest BCUT2D eigenvalue weighted by molar-refractivity contribution is 5.90. The van der Waals surface area contributed by atoms with Gasteiger partial charge in [0.05, 0.1) is 0 Å². The van der Waals surface area contributed by atoms with Crippen LogP contribution in [0.15, 0.2) is 18.2 Å². The Bertz CT molecular complexity index is 756. The quantitative estimate of drug-likeness (QED) is 0.546. The lowest BCUT2D eigenvalue weighted by molar-refractivity contribution is -0.140. The molecular weight excluding hydrogens is 394 g/mol. The van der Waals surface area contributed by atoms with Crippen LogP contribution >= 0.6 is 0 Å². The van der Waals surface area contributed by atoms with E-state index in [1.807, 2.05) is 39.0 Å². The van der Waals surface area contributed by atoms with E-state index in [4.69, 9.17) is 4.74 Å². The molecule has 0 aromatic heterocycles. The summed E-state index contributed by atoms with van der Waals surface area (Å²) in [4.78, 5) is 39.8. The standard InChI is InChI=1S/C24H39N3O4/c1-8-10-13-25-22(29)21(19-12-11-17(3)18(4)15-19)27(14-9-2)20(28)16-26-23(30)31-24(5,6)7/h11-12,15,21H,8-10,13-14,16H2,1-7H3,(H,25,29)(H,26,30). The number of alkyl carbamates (subject to hydrolysis) is 1. The first-order chi connectivity index (χ1) is 14.5. The van der Waals surface area contributed by atoms with E-state index in [-0.39, 0.29) is 18.4 Å². The minimum atomic E-state index is -0.760. The van der Waals surface area contributed by atoms with Crippen molar-refractivity contribution in [2.24, 2.45) is 0 Å². The number of nitrogens with one attached hydrogen (secondary N) is 2. The molecule has 0 heterocycles. The van der Waals surface area contributed by atoms with E-state index in [1.54, 1.807) is 25.7 Å².